The van der Waals surface area contributed by atoms with Gasteiger partial charge in [0.25, 0.3) is 5.69 Å². The van der Waals surface area contributed by atoms with Crippen LogP contribution in [0.4, 0.5) is 5.69 Å². The van der Waals surface area contributed by atoms with E-state index in [1.165, 1.54) is 12.1 Å². The summed E-state index contributed by atoms with van der Waals surface area (Å²) in [7, 11) is 0. The summed E-state index contributed by atoms with van der Waals surface area (Å²) in [5.74, 6) is 4.89. The average molecular weight is 234 g/mol. The molecule has 14 heavy (non-hydrogen) atoms. The quantitative estimate of drug-likeness (QED) is 0.368. The van der Waals surface area contributed by atoms with Gasteiger partial charge >= 0.3 is 0 Å². The minimum Gasteiger partial charge on any atom is -0.323 e. The summed E-state index contributed by atoms with van der Waals surface area (Å²) < 4.78 is 0. The van der Waals surface area contributed by atoms with Crippen LogP contribution >= 0.6 is 23.2 Å². The predicted molar refractivity (Wildman–Crippen MR) is 54.9 cm³/mol. The van der Waals surface area contributed by atoms with Crippen LogP contribution in [0.25, 0.3) is 0 Å². The van der Waals surface area contributed by atoms with Crippen molar-refractivity contribution >= 4 is 35.1 Å². The zero-order valence-corrected chi connectivity index (χ0v) is 8.29. The fraction of sp³-hybridized carbons (Fsp3) is 0. The van der Waals surface area contributed by atoms with Crippen molar-refractivity contribution in [3.8, 4) is 0 Å². The van der Waals surface area contributed by atoms with E-state index in [9.17, 15) is 10.1 Å². The van der Waals surface area contributed by atoms with Crippen molar-refractivity contribution in [2.45, 2.75) is 0 Å². The van der Waals surface area contributed by atoms with E-state index in [2.05, 4.69) is 5.10 Å². The molecule has 0 saturated heterocycles. The van der Waals surface area contributed by atoms with Gasteiger partial charge in [0.2, 0.25) is 0 Å². The molecule has 0 aliphatic rings. The third-order valence-electron chi connectivity index (χ3n) is 1.51. The largest absolute Gasteiger partial charge is 0.323 e. The molecular weight excluding hydrogens is 229 g/mol. The van der Waals surface area contributed by atoms with Crippen LogP contribution in [0.2, 0.25) is 10.0 Å². The molecule has 0 spiro atoms. The number of nitrogens with two attached hydrogens (primary N) is 1. The third kappa shape index (κ3) is 1.94. The molecule has 1 aromatic carbocycles. The summed E-state index contributed by atoms with van der Waals surface area (Å²) in [6, 6.07) is 2.58. The Morgan fingerprint density at radius 1 is 1.50 bits per heavy atom. The van der Waals surface area contributed by atoms with Gasteiger partial charge in [-0.3, -0.25) is 10.1 Å². The summed E-state index contributed by atoms with van der Waals surface area (Å²) in [4.78, 5) is 9.98. The lowest BCUT2D eigenvalue weighted by molar-refractivity contribution is -0.385. The Morgan fingerprint density at radius 3 is 2.64 bits per heavy atom. The van der Waals surface area contributed by atoms with Crippen molar-refractivity contribution in [2.24, 2.45) is 10.9 Å². The average Bonchev–Trinajstić information content (AvgIpc) is 2.13. The second-order valence-corrected chi connectivity index (χ2v) is 3.11. The number of nitrogens with zero attached hydrogens (tertiary/aromatic N) is 2. The van der Waals surface area contributed by atoms with E-state index in [4.69, 9.17) is 29.0 Å². The van der Waals surface area contributed by atoms with E-state index >= 15 is 0 Å². The molecule has 0 bridgehead atoms. The van der Waals surface area contributed by atoms with Crippen LogP contribution in [-0.4, -0.2) is 11.1 Å². The van der Waals surface area contributed by atoms with Crippen molar-refractivity contribution in [1.29, 1.82) is 0 Å². The van der Waals surface area contributed by atoms with Gasteiger partial charge in [-0.25, -0.2) is 0 Å². The molecule has 2 N–H and O–H groups in total. The van der Waals surface area contributed by atoms with Crippen LogP contribution in [0.5, 0.6) is 0 Å². The van der Waals surface area contributed by atoms with Gasteiger partial charge in [0.1, 0.15) is 0 Å². The Balaban J connectivity index is 3.45. The zero-order valence-electron chi connectivity index (χ0n) is 6.78. The number of hydrazone groups is 1. The SMILES string of the molecule is NN=Cc1c([N+](=O)[O-])ccc(Cl)c1Cl. The van der Waals surface area contributed by atoms with Gasteiger partial charge in [0.05, 0.1) is 26.7 Å². The second-order valence-electron chi connectivity index (χ2n) is 2.33. The van der Waals surface area contributed by atoms with Gasteiger partial charge in [0, 0.05) is 6.07 Å². The van der Waals surface area contributed by atoms with E-state index in [-0.39, 0.29) is 21.3 Å². The summed E-state index contributed by atoms with van der Waals surface area (Å²) in [5.41, 5.74) is -0.0831. The standard InChI is InChI=1S/C7H5Cl2N3O2/c8-5-1-2-6(12(13)14)4(3-11-10)7(5)9/h1-3H,10H2. The molecule has 0 heterocycles. The lowest BCUT2D eigenvalue weighted by Gasteiger charge is -2.00. The lowest BCUT2D eigenvalue weighted by Crippen LogP contribution is -1.97. The number of nitro groups is 1. The first-order chi connectivity index (χ1) is 6.57. The number of halogens is 2. The molecule has 0 aromatic heterocycles. The van der Waals surface area contributed by atoms with Crippen molar-refractivity contribution in [1.82, 2.24) is 0 Å². The molecule has 5 nitrogen and oxygen atoms in total. The molecule has 1 aromatic rings. The van der Waals surface area contributed by atoms with E-state index in [1.807, 2.05) is 0 Å². The van der Waals surface area contributed by atoms with Crippen LogP contribution in [-0.2, 0) is 0 Å². The predicted octanol–water partition coefficient (Wildman–Crippen LogP) is 2.19. The molecular formula is C7H5Cl2N3O2. The lowest BCUT2D eigenvalue weighted by atomic mass is 10.2. The van der Waals surface area contributed by atoms with Crippen molar-refractivity contribution in [3.05, 3.63) is 37.9 Å². The highest BCUT2D eigenvalue weighted by Gasteiger charge is 2.17. The maximum absolute atomic E-state index is 10.6. The Morgan fingerprint density at radius 2 is 2.14 bits per heavy atom. The molecule has 0 fully saturated rings. The molecule has 0 unspecified atom stereocenters. The highest BCUT2D eigenvalue weighted by atomic mass is 35.5. The maximum atomic E-state index is 10.6. The van der Waals surface area contributed by atoms with E-state index in [0.717, 1.165) is 6.21 Å². The number of benzene rings is 1. The zero-order chi connectivity index (χ0) is 10.7. The Bertz CT molecular complexity index is 406. The maximum Gasteiger partial charge on any atom is 0.279 e. The highest BCUT2D eigenvalue weighted by molar-refractivity contribution is 6.43. The minimum absolute atomic E-state index is 0.0649. The van der Waals surface area contributed by atoms with Crippen LogP contribution in [0, 0.1) is 10.1 Å². The number of hydrogen-bond acceptors (Lipinski definition) is 4. The normalized spacial score (nSPS) is 10.7. The topological polar surface area (TPSA) is 81.5 Å². The smallest absolute Gasteiger partial charge is 0.279 e. The molecule has 0 aliphatic carbocycles. The first-order valence-corrected chi connectivity index (χ1v) is 4.19. The number of hydrogen-bond donors (Lipinski definition) is 1. The van der Waals surface area contributed by atoms with Gasteiger partial charge < -0.3 is 5.84 Å². The van der Waals surface area contributed by atoms with Gasteiger partial charge in [-0.2, -0.15) is 5.10 Å². The molecule has 0 radical (unpaired) electrons. The Hall–Kier alpha value is -1.33. The van der Waals surface area contributed by atoms with E-state index < -0.39 is 4.92 Å². The summed E-state index contributed by atoms with van der Waals surface area (Å²) in [5, 5.41) is 14.0. The van der Waals surface area contributed by atoms with Gasteiger partial charge in [-0.15, -0.1) is 0 Å². The van der Waals surface area contributed by atoms with Crippen LogP contribution in [0.15, 0.2) is 17.2 Å². The summed E-state index contributed by atoms with van der Waals surface area (Å²) in [6.07, 6.45) is 1.09. The van der Waals surface area contributed by atoms with Crippen molar-refractivity contribution in [2.75, 3.05) is 0 Å². The third-order valence-corrected chi connectivity index (χ3v) is 2.33. The minimum atomic E-state index is -0.584. The second kappa shape index (κ2) is 4.26. The van der Waals surface area contributed by atoms with Gasteiger partial charge in [0.15, 0.2) is 0 Å². The van der Waals surface area contributed by atoms with Crippen molar-refractivity contribution in [3.63, 3.8) is 0 Å². The van der Waals surface area contributed by atoms with Crippen LogP contribution < -0.4 is 5.84 Å². The molecule has 0 aliphatic heterocycles. The first kappa shape index (κ1) is 10.7. The number of rotatable bonds is 2. The summed E-state index contributed by atoms with van der Waals surface area (Å²) in [6.45, 7) is 0. The molecule has 0 atom stereocenters. The van der Waals surface area contributed by atoms with Gasteiger partial charge in [-0.05, 0) is 6.07 Å². The van der Waals surface area contributed by atoms with E-state index in [0.29, 0.717) is 0 Å². The molecule has 0 amide bonds. The van der Waals surface area contributed by atoms with Crippen LogP contribution in [0.1, 0.15) is 5.56 Å². The fourth-order valence-corrected chi connectivity index (χ4v) is 1.29. The van der Waals surface area contributed by atoms with Crippen molar-refractivity contribution < 1.29 is 4.92 Å². The highest BCUT2D eigenvalue weighted by Crippen LogP contribution is 2.31. The summed E-state index contributed by atoms with van der Waals surface area (Å²) >= 11 is 11.4. The fourth-order valence-electron chi connectivity index (χ4n) is 0.913. The van der Waals surface area contributed by atoms with E-state index in [1.54, 1.807) is 0 Å². The Labute approximate surface area is 89.3 Å². The Kier molecular flexibility index (Phi) is 3.27. The molecule has 0 saturated carbocycles. The number of nitro benzene ring substituents is 1. The molecule has 1 rings (SSSR count). The molecule has 74 valence electrons. The molecule has 7 heteroatoms. The van der Waals surface area contributed by atoms with Crippen LogP contribution in [0.3, 0.4) is 0 Å². The van der Waals surface area contributed by atoms with Gasteiger partial charge in [-0.1, -0.05) is 23.2 Å². The first-order valence-electron chi connectivity index (χ1n) is 3.43. The monoisotopic (exact) mass is 233 g/mol.